The summed E-state index contributed by atoms with van der Waals surface area (Å²) in [6.07, 6.45) is 9.68. The van der Waals surface area contributed by atoms with Crippen LogP contribution in [0.4, 0.5) is 4.79 Å². The van der Waals surface area contributed by atoms with Gasteiger partial charge in [-0.1, -0.05) is 0 Å². The number of fused-ring (bicyclic) bond motifs is 1. The monoisotopic (exact) mass is 566 g/mol. The van der Waals surface area contributed by atoms with Crippen LogP contribution in [0.15, 0.2) is 36.9 Å². The highest BCUT2D eigenvalue weighted by atomic mass is 28.3. The molecule has 0 aromatic carbocycles. The van der Waals surface area contributed by atoms with E-state index in [-0.39, 0.29) is 20.4 Å². The van der Waals surface area contributed by atoms with Crippen LogP contribution in [0.25, 0.3) is 22.2 Å². The first-order chi connectivity index (χ1) is 19.1. The Balaban J connectivity index is 1.21. The number of rotatable bonds is 9. The molecule has 1 aliphatic carbocycles. The SMILES string of the molecule is C[Si+](C)CCOCn1ccc2c(-c3cnn(C4(CN)CC(N5CCN(C(=O)OC(C)(C)C)CC5)C4)c3)ccnc21. The summed E-state index contributed by atoms with van der Waals surface area (Å²) in [5.74, 6) is 0. The summed E-state index contributed by atoms with van der Waals surface area (Å²) in [6.45, 7) is 15.2. The zero-order valence-electron chi connectivity index (χ0n) is 24.6. The molecule has 5 rings (SSSR count). The first kappa shape index (κ1) is 28.8. The quantitative estimate of drug-likeness (QED) is 0.308. The number of amides is 1. The van der Waals surface area contributed by atoms with Crippen LogP contribution in [0.5, 0.6) is 0 Å². The molecule has 4 heterocycles. The molecule has 1 saturated heterocycles. The predicted octanol–water partition coefficient (Wildman–Crippen LogP) is 4.00. The fourth-order valence-electron chi connectivity index (χ4n) is 5.73. The molecule has 2 N–H and O–H groups in total. The van der Waals surface area contributed by atoms with Crippen molar-refractivity contribution in [1.82, 2.24) is 29.1 Å². The van der Waals surface area contributed by atoms with E-state index >= 15 is 0 Å². The van der Waals surface area contributed by atoms with Gasteiger partial charge in [0.2, 0.25) is 0 Å². The maximum absolute atomic E-state index is 12.4. The standard InChI is InChI=1S/C29H44N7O3Si/c1-28(2,3)39-27(37)34-12-10-33(11-13-34)23-16-29(17-23,20-30)36-19-22(18-32-36)24-6-8-31-26-25(24)7-9-35(26)21-38-14-15-40(4)5/h6-9,18-19,23H,10-17,20-21,30H2,1-5H3/q+1. The van der Waals surface area contributed by atoms with Crippen LogP contribution in [0, 0.1) is 0 Å². The molecule has 0 atom stereocenters. The molecule has 1 aliphatic heterocycles. The largest absolute Gasteiger partial charge is 0.444 e. The van der Waals surface area contributed by atoms with Crippen molar-refractivity contribution in [3.8, 4) is 11.1 Å². The highest BCUT2D eigenvalue weighted by Gasteiger charge is 2.48. The van der Waals surface area contributed by atoms with Gasteiger partial charge < -0.3 is 24.7 Å². The molecule has 216 valence electrons. The van der Waals surface area contributed by atoms with Gasteiger partial charge in [-0.25, -0.2) is 9.78 Å². The molecule has 0 bridgehead atoms. The van der Waals surface area contributed by atoms with Crippen molar-refractivity contribution in [3.05, 3.63) is 36.9 Å². The molecule has 1 saturated carbocycles. The first-order valence-corrected chi connectivity index (χ1v) is 17.1. The summed E-state index contributed by atoms with van der Waals surface area (Å²) < 4.78 is 15.6. The van der Waals surface area contributed by atoms with Gasteiger partial charge in [0.25, 0.3) is 0 Å². The van der Waals surface area contributed by atoms with E-state index in [1.54, 1.807) is 0 Å². The normalized spacial score (nSPS) is 21.9. The second-order valence-electron chi connectivity index (χ2n) is 12.5. The molecular formula is C29H44N7O3Si+. The topological polar surface area (TPSA) is 104 Å². The lowest BCUT2D eigenvalue weighted by atomic mass is 9.71. The Labute approximate surface area is 239 Å². The fourth-order valence-corrected chi connectivity index (χ4v) is 6.28. The minimum atomic E-state index is -0.472. The molecule has 1 amide bonds. The molecular weight excluding hydrogens is 522 g/mol. The van der Waals surface area contributed by atoms with Gasteiger partial charge in [0.05, 0.1) is 37.5 Å². The maximum atomic E-state index is 12.4. The lowest BCUT2D eigenvalue weighted by Gasteiger charge is -2.52. The van der Waals surface area contributed by atoms with Crippen molar-refractivity contribution < 1.29 is 14.3 Å². The Morgan fingerprint density at radius 3 is 2.60 bits per heavy atom. The van der Waals surface area contributed by atoms with E-state index in [0.717, 1.165) is 60.7 Å². The van der Waals surface area contributed by atoms with Crippen molar-refractivity contribution in [3.63, 3.8) is 0 Å². The van der Waals surface area contributed by atoms with Crippen molar-refractivity contribution in [2.75, 3.05) is 39.3 Å². The van der Waals surface area contributed by atoms with Gasteiger partial charge in [-0.15, -0.1) is 0 Å². The predicted molar refractivity (Wildman–Crippen MR) is 159 cm³/mol. The lowest BCUT2D eigenvalue weighted by molar-refractivity contribution is -0.0251. The molecule has 0 spiro atoms. The highest BCUT2D eigenvalue weighted by molar-refractivity contribution is 6.55. The molecule has 40 heavy (non-hydrogen) atoms. The highest BCUT2D eigenvalue weighted by Crippen LogP contribution is 2.42. The molecule has 0 unspecified atom stereocenters. The molecule has 2 fully saturated rings. The molecule has 11 heteroatoms. The van der Waals surface area contributed by atoms with Crippen LogP contribution in [-0.4, -0.2) is 95.0 Å². The van der Waals surface area contributed by atoms with Crippen LogP contribution in [-0.2, 0) is 21.7 Å². The molecule has 3 aromatic heterocycles. The second-order valence-corrected chi connectivity index (χ2v) is 15.5. The van der Waals surface area contributed by atoms with E-state index in [2.05, 4.69) is 56.8 Å². The zero-order valence-corrected chi connectivity index (χ0v) is 25.6. The summed E-state index contributed by atoms with van der Waals surface area (Å²) in [7, 11) is -0.279. The minimum Gasteiger partial charge on any atom is -0.444 e. The number of hydrogen-bond donors (Lipinski definition) is 1. The van der Waals surface area contributed by atoms with Crippen molar-refractivity contribution in [2.24, 2.45) is 5.73 Å². The first-order valence-electron chi connectivity index (χ1n) is 14.4. The number of pyridine rings is 1. The summed E-state index contributed by atoms with van der Waals surface area (Å²) in [6, 6.07) is 5.76. The van der Waals surface area contributed by atoms with Crippen molar-refractivity contribution in [2.45, 2.75) is 76.7 Å². The van der Waals surface area contributed by atoms with E-state index in [1.165, 1.54) is 0 Å². The van der Waals surface area contributed by atoms with E-state index in [4.69, 9.17) is 20.3 Å². The van der Waals surface area contributed by atoms with Crippen LogP contribution in [0.2, 0.25) is 19.1 Å². The summed E-state index contributed by atoms with van der Waals surface area (Å²) in [5, 5.41) is 5.89. The van der Waals surface area contributed by atoms with Crippen LogP contribution >= 0.6 is 0 Å². The van der Waals surface area contributed by atoms with Gasteiger partial charge >= 0.3 is 14.9 Å². The number of ether oxygens (including phenoxy) is 2. The Morgan fingerprint density at radius 2 is 1.93 bits per heavy atom. The maximum Gasteiger partial charge on any atom is 0.410 e. The number of nitrogens with zero attached hydrogens (tertiary/aromatic N) is 6. The smallest absolute Gasteiger partial charge is 0.410 e. The molecule has 3 aromatic rings. The number of carbonyl (C=O) groups excluding carboxylic acids is 1. The van der Waals surface area contributed by atoms with Gasteiger partial charge in [0.15, 0.2) is 0 Å². The van der Waals surface area contributed by atoms with E-state index in [9.17, 15) is 4.79 Å². The van der Waals surface area contributed by atoms with Gasteiger partial charge in [-0.3, -0.25) is 9.58 Å². The van der Waals surface area contributed by atoms with Crippen LogP contribution in [0.1, 0.15) is 33.6 Å². The number of aromatic nitrogens is 4. The van der Waals surface area contributed by atoms with Crippen LogP contribution < -0.4 is 5.73 Å². The van der Waals surface area contributed by atoms with Crippen LogP contribution in [0.3, 0.4) is 0 Å². The third kappa shape index (κ3) is 6.12. The lowest BCUT2D eigenvalue weighted by Crippen LogP contribution is -2.63. The Hall–Kier alpha value is -2.73. The van der Waals surface area contributed by atoms with Gasteiger partial charge in [-0.05, 0) is 51.3 Å². The van der Waals surface area contributed by atoms with Gasteiger partial charge in [0.1, 0.15) is 18.0 Å². The van der Waals surface area contributed by atoms with Crippen molar-refractivity contribution >= 4 is 25.9 Å². The van der Waals surface area contributed by atoms with E-state index in [0.29, 0.717) is 32.4 Å². The molecule has 0 radical (unpaired) electrons. The Morgan fingerprint density at radius 1 is 1.18 bits per heavy atom. The number of piperazine rings is 1. The molecule has 10 nitrogen and oxygen atoms in total. The average molecular weight is 567 g/mol. The zero-order chi connectivity index (χ0) is 28.5. The Bertz CT molecular complexity index is 1300. The van der Waals surface area contributed by atoms with E-state index in [1.807, 2.05) is 38.1 Å². The fraction of sp³-hybridized carbons (Fsp3) is 0.621. The van der Waals surface area contributed by atoms with Gasteiger partial charge in [0, 0.05) is 68.3 Å². The van der Waals surface area contributed by atoms with E-state index < -0.39 is 5.60 Å². The summed E-state index contributed by atoms with van der Waals surface area (Å²) in [4.78, 5) is 21.4. The summed E-state index contributed by atoms with van der Waals surface area (Å²) in [5.41, 5.74) is 8.81. The Kier molecular flexibility index (Phi) is 8.37. The van der Waals surface area contributed by atoms with Crippen molar-refractivity contribution in [1.29, 1.82) is 0 Å². The minimum absolute atomic E-state index is 0.185. The number of hydrogen-bond acceptors (Lipinski definition) is 7. The summed E-state index contributed by atoms with van der Waals surface area (Å²) >= 11 is 0. The second kappa shape index (κ2) is 11.6. The third-order valence-electron chi connectivity index (χ3n) is 8.11. The third-order valence-corrected chi connectivity index (χ3v) is 9.32. The molecule has 2 aliphatic rings. The van der Waals surface area contributed by atoms with Gasteiger partial charge in [-0.2, -0.15) is 5.10 Å². The number of nitrogens with two attached hydrogens (primary N) is 1. The average Bonchev–Trinajstić information content (AvgIpc) is 3.54. The number of carbonyl (C=O) groups is 1.